The third-order valence-electron chi connectivity index (χ3n) is 3.77. The molecule has 0 aliphatic heterocycles. The Bertz CT molecular complexity index is 870. The number of hydrogen-bond donors (Lipinski definition) is 1. The highest BCUT2D eigenvalue weighted by Crippen LogP contribution is 2.31. The summed E-state index contributed by atoms with van der Waals surface area (Å²) in [7, 11) is 0. The van der Waals surface area contributed by atoms with Crippen molar-refractivity contribution < 1.29 is 14.3 Å². The molecule has 28 heavy (non-hydrogen) atoms. The highest BCUT2D eigenvalue weighted by atomic mass is 79.9. The molecular weight excluding hydrogens is 420 g/mol. The number of nitrogens with one attached hydrogen (secondary N) is 1. The second-order valence-corrected chi connectivity index (χ2v) is 8.27. The van der Waals surface area contributed by atoms with Crippen molar-refractivity contribution >= 4 is 39.3 Å². The Morgan fingerprint density at radius 1 is 1.18 bits per heavy atom. The van der Waals surface area contributed by atoms with Gasteiger partial charge in [-0.05, 0) is 73.5 Å². The van der Waals surface area contributed by atoms with Crippen LogP contribution in [0.5, 0.6) is 0 Å². The molecule has 0 saturated carbocycles. The summed E-state index contributed by atoms with van der Waals surface area (Å²) in [5.74, 6) is -0.302. The number of hydrogen-bond acceptors (Lipinski definition) is 3. The minimum Gasteiger partial charge on any atom is -0.443 e. The van der Waals surface area contributed by atoms with Crippen molar-refractivity contribution in [2.45, 2.75) is 39.8 Å². The Labute approximate surface area is 174 Å². The van der Waals surface area contributed by atoms with Gasteiger partial charge in [0.2, 0.25) is 5.91 Å². The van der Waals surface area contributed by atoms with Crippen LogP contribution in [0.25, 0.3) is 0 Å². The molecule has 0 fully saturated rings. The standard InChI is InChI=1S/C22H25BrN2O3/c1-6-20(26)24-17-11-12-19(18(23)13-17)25(21(27)28-22(3,4)5)14-16-9-7-15(2)8-10-16/h6-13H,1,14H2,2-5H3,(H,24,26). The van der Waals surface area contributed by atoms with E-state index >= 15 is 0 Å². The minimum absolute atomic E-state index is 0.302. The summed E-state index contributed by atoms with van der Waals surface area (Å²) >= 11 is 3.51. The van der Waals surface area contributed by atoms with Crippen LogP contribution in [0.15, 0.2) is 59.6 Å². The maximum atomic E-state index is 12.9. The zero-order valence-corrected chi connectivity index (χ0v) is 18.2. The molecule has 0 spiro atoms. The summed E-state index contributed by atoms with van der Waals surface area (Å²) in [6, 6.07) is 13.2. The van der Waals surface area contributed by atoms with Gasteiger partial charge in [-0.1, -0.05) is 36.4 Å². The molecule has 0 radical (unpaired) electrons. The smallest absolute Gasteiger partial charge is 0.415 e. The molecule has 0 aliphatic carbocycles. The average molecular weight is 445 g/mol. The lowest BCUT2D eigenvalue weighted by Gasteiger charge is -2.28. The summed E-state index contributed by atoms with van der Waals surface area (Å²) in [4.78, 5) is 26.0. The first-order chi connectivity index (χ1) is 13.1. The molecule has 0 bridgehead atoms. The van der Waals surface area contributed by atoms with Crippen molar-refractivity contribution in [3.63, 3.8) is 0 Å². The second-order valence-electron chi connectivity index (χ2n) is 7.41. The highest BCUT2D eigenvalue weighted by molar-refractivity contribution is 9.10. The van der Waals surface area contributed by atoms with E-state index in [-0.39, 0.29) is 5.91 Å². The lowest BCUT2D eigenvalue weighted by molar-refractivity contribution is -0.111. The van der Waals surface area contributed by atoms with E-state index in [0.717, 1.165) is 11.1 Å². The molecule has 0 saturated heterocycles. The van der Waals surface area contributed by atoms with Gasteiger partial charge in [0.15, 0.2) is 0 Å². The fraction of sp³-hybridized carbons (Fsp3) is 0.273. The molecule has 148 valence electrons. The number of rotatable bonds is 5. The van der Waals surface area contributed by atoms with Crippen molar-refractivity contribution in [1.82, 2.24) is 0 Å². The predicted octanol–water partition coefficient (Wildman–Crippen LogP) is 5.82. The summed E-state index contributed by atoms with van der Waals surface area (Å²) in [6.07, 6.45) is 0.753. The van der Waals surface area contributed by atoms with Gasteiger partial charge in [-0.2, -0.15) is 0 Å². The fourth-order valence-corrected chi connectivity index (χ4v) is 3.03. The average Bonchev–Trinajstić information content (AvgIpc) is 2.60. The Hall–Kier alpha value is -2.60. The number of carbonyl (C=O) groups is 2. The predicted molar refractivity (Wildman–Crippen MR) is 117 cm³/mol. The summed E-state index contributed by atoms with van der Waals surface area (Å²) in [5.41, 5.74) is 2.75. The first-order valence-corrected chi connectivity index (χ1v) is 9.67. The number of benzene rings is 2. The second kappa shape index (κ2) is 9.06. The van der Waals surface area contributed by atoms with Crippen LogP contribution in [0.2, 0.25) is 0 Å². The SMILES string of the molecule is C=CC(=O)Nc1ccc(N(Cc2ccc(C)cc2)C(=O)OC(C)(C)C)c(Br)c1. The number of amides is 2. The molecule has 2 aromatic carbocycles. The third kappa shape index (κ3) is 6.23. The molecule has 2 rings (SSSR count). The van der Waals surface area contributed by atoms with Crippen LogP contribution in [0.3, 0.4) is 0 Å². The van der Waals surface area contributed by atoms with Crippen molar-refractivity contribution in [3.8, 4) is 0 Å². The van der Waals surface area contributed by atoms with Crippen molar-refractivity contribution in [3.05, 3.63) is 70.7 Å². The van der Waals surface area contributed by atoms with Gasteiger partial charge < -0.3 is 10.1 Å². The topological polar surface area (TPSA) is 58.6 Å². The Balaban J connectivity index is 2.37. The van der Waals surface area contributed by atoms with Crippen LogP contribution in [0.4, 0.5) is 16.2 Å². The minimum atomic E-state index is -0.618. The van der Waals surface area contributed by atoms with E-state index in [4.69, 9.17) is 4.74 Å². The Kier molecular flexibility index (Phi) is 7.02. The number of carbonyl (C=O) groups excluding carboxylic acids is 2. The highest BCUT2D eigenvalue weighted by Gasteiger charge is 2.25. The van der Waals surface area contributed by atoms with Gasteiger partial charge in [-0.25, -0.2) is 4.79 Å². The van der Waals surface area contributed by atoms with Crippen LogP contribution < -0.4 is 10.2 Å². The molecule has 6 heteroatoms. The number of ether oxygens (including phenoxy) is 1. The van der Waals surface area contributed by atoms with E-state index in [1.54, 1.807) is 23.1 Å². The monoisotopic (exact) mass is 444 g/mol. The van der Waals surface area contributed by atoms with Gasteiger partial charge >= 0.3 is 6.09 Å². The van der Waals surface area contributed by atoms with Crippen LogP contribution in [0, 0.1) is 6.92 Å². The summed E-state index contributed by atoms with van der Waals surface area (Å²) < 4.78 is 6.26. The molecule has 0 unspecified atom stereocenters. The molecule has 2 amide bonds. The lowest BCUT2D eigenvalue weighted by Crippen LogP contribution is -2.36. The number of halogens is 1. The van der Waals surface area contributed by atoms with Crippen LogP contribution >= 0.6 is 15.9 Å². The maximum Gasteiger partial charge on any atom is 0.415 e. The Morgan fingerprint density at radius 3 is 2.36 bits per heavy atom. The first kappa shape index (κ1) is 21.7. The summed E-state index contributed by atoms with van der Waals surface area (Å²) in [5, 5.41) is 2.70. The molecule has 2 aromatic rings. The zero-order chi connectivity index (χ0) is 20.9. The van der Waals surface area contributed by atoms with Crippen LogP contribution in [0.1, 0.15) is 31.9 Å². The molecule has 0 atom stereocenters. The zero-order valence-electron chi connectivity index (χ0n) is 16.6. The third-order valence-corrected chi connectivity index (χ3v) is 4.40. The van der Waals surface area contributed by atoms with Gasteiger partial charge in [0.25, 0.3) is 0 Å². The van der Waals surface area contributed by atoms with Gasteiger partial charge in [0.05, 0.1) is 12.2 Å². The number of anilines is 2. The van der Waals surface area contributed by atoms with E-state index < -0.39 is 11.7 Å². The molecule has 0 aromatic heterocycles. The van der Waals surface area contributed by atoms with E-state index in [0.29, 0.717) is 22.4 Å². The van der Waals surface area contributed by atoms with Crippen molar-refractivity contribution in [2.24, 2.45) is 0 Å². The maximum absolute atomic E-state index is 12.9. The van der Waals surface area contributed by atoms with Crippen molar-refractivity contribution in [2.75, 3.05) is 10.2 Å². The van der Waals surface area contributed by atoms with Crippen molar-refractivity contribution in [1.29, 1.82) is 0 Å². The molecular formula is C22H25BrN2O3. The van der Waals surface area contributed by atoms with E-state index in [1.165, 1.54) is 6.08 Å². The largest absolute Gasteiger partial charge is 0.443 e. The van der Waals surface area contributed by atoms with Gasteiger partial charge in [-0.15, -0.1) is 0 Å². The molecule has 0 heterocycles. The fourth-order valence-electron chi connectivity index (χ4n) is 2.44. The molecule has 0 aliphatic rings. The van der Waals surface area contributed by atoms with Gasteiger partial charge in [0, 0.05) is 10.2 Å². The Morgan fingerprint density at radius 2 is 1.82 bits per heavy atom. The lowest BCUT2D eigenvalue weighted by atomic mass is 10.1. The van der Waals surface area contributed by atoms with Gasteiger partial charge in [0.1, 0.15) is 5.60 Å². The van der Waals surface area contributed by atoms with Gasteiger partial charge in [-0.3, -0.25) is 9.69 Å². The van der Waals surface area contributed by atoms with Crippen LogP contribution in [-0.4, -0.2) is 17.6 Å². The quantitative estimate of drug-likeness (QED) is 0.590. The summed E-state index contributed by atoms with van der Waals surface area (Å²) in [6.45, 7) is 11.3. The number of nitrogens with zero attached hydrogens (tertiary/aromatic N) is 1. The number of aryl methyl sites for hydroxylation is 1. The van der Waals surface area contributed by atoms with E-state index in [9.17, 15) is 9.59 Å². The first-order valence-electron chi connectivity index (χ1n) is 8.88. The van der Waals surface area contributed by atoms with Crippen LogP contribution in [-0.2, 0) is 16.1 Å². The normalized spacial score (nSPS) is 10.9. The molecule has 5 nitrogen and oxygen atoms in total. The van der Waals surface area contributed by atoms with E-state index in [2.05, 4.69) is 27.8 Å². The van der Waals surface area contributed by atoms with E-state index in [1.807, 2.05) is 52.0 Å². The molecule has 1 N–H and O–H groups in total.